The Labute approximate surface area is 171 Å². The van der Waals surface area contributed by atoms with E-state index >= 15 is 0 Å². The number of carbonyl (C=O) groups excluding carboxylic acids is 1. The zero-order valence-corrected chi connectivity index (χ0v) is 16.6. The number of nitrogens with one attached hydrogen (secondary N) is 2. The molecule has 0 radical (unpaired) electrons. The largest absolute Gasteiger partial charge is 0.374 e. The number of nitrogens with zero attached hydrogens (tertiary/aromatic N) is 3. The van der Waals surface area contributed by atoms with Crippen molar-refractivity contribution in [2.45, 2.75) is 38.5 Å². The summed E-state index contributed by atoms with van der Waals surface area (Å²) in [5.74, 6) is -2.50. The van der Waals surface area contributed by atoms with Crippen LogP contribution in [0, 0.1) is 23.4 Å². The van der Waals surface area contributed by atoms with Gasteiger partial charge in [-0.2, -0.15) is 4.98 Å². The molecule has 0 unspecified atom stereocenters. The van der Waals surface area contributed by atoms with E-state index in [0.29, 0.717) is 29.9 Å². The molecule has 1 saturated carbocycles. The Bertz CT molecular complexity index is 944. The van der Waals surface area contributed by atoms with E-state index in [9.17, 15) is 18.0 Å². The topological polar surface area (TPSA) is 79.4 Å². The molecule has 1 atom stereocenters. The number of hydrogen-bond acceptors (Lipinski definition) is 6. The number of likely N-dealkylation sites (N-methyl/N-ethyl adjacent to an activating group) is 1. The van der Waals surface area contributed by atoms with Gasteiger partial charge in [0.2, 0.25) is 11.9 Å². The van der Waals surface area contributed by atoms with Gasteiger partial charge in [-0.15, -0.1) is 0 Å². The predicted octanol–water partition coefficient (Wildman–Crippen LogP) is 3.08. The molecule has 2 heterocycles. The smallest absolute Gasteiger partial charge is 0.246 e. The van der Waals surface area contributed by atoms with E-state index in [0.717, 1.165) is 25.0 Å². The number of benzene rings is 1. The molecule has 2 aliphatic rings. The number of halogens is 3. The fraction of sp³-hybridized carbons (Fsp3) is 0.450. The summed E-state index contributed by atoms with van der Waals surface area (Å²) in [7, 11) is 1.81. The van der Waals surface area contributed by atoms with Crippen LogP contribution in [0.4, 0.5) is 30.6 Å². The Balaban J connectivity index is 1.24. The van der Waals surface area contributed by atoms with Crippen LogP contribution in [-0.4, -0.2) is 41.6 Å². The first kappa shape index (κ1) is 20.4. The Kier molecular flexibility index (Phi) is 5.50. The summed E-state index contributed by atoms with van der Waals surface area (Å²) in [6, 6.07) is 1.58. The van der Waals surface area contributed by atoms with E-state index < -0.39 is 17.5 Å². The van der Waals surface area contributed by atoms with Crippen LogP contribution in [0.15, 0.2) is 18.3 Å². The zero-order valence-electron chi connectivity index (χ0n) is 16.6. The minimum Gasteiger partial charge on any atom is -0.374 e. The molecule has 0 bridgehead atoms. The first-order valence-electron chi connectivity index (χ1n) is 9.71. The van der Waals surface area contributed by atoms with E-state index in [4.69, 9.17) is 4.74 Å². The van der Waals surface area contributed by atoms with Crippen molar-refractivity contribution in [3.63, 3.8) is 0 Å². The van der Waals surface area contributed by atoms with E-state index in [1.807, 2.05) is 7.05 Å². The molecule has 160 valence electrons. The highest BCUT2D eigenvalue weighted by Crippen LogP contribution is 2.32. The maximum Gasteiger partial charge on any atom is 0.246 e. The third-order valence-corrected chi connectivity index (χ3v) is 5.59. The third-order valence-electron chi connectivity index (χ3n) is 5.59. The van der Waals surface area contributed by atoms with Gasteiger partial charge in [0.05, 0.1) is 18.9 Å². The SMILES string of the molecule is C[C@H]1C(=O)Nc2cnc(NCC3CC(OCc4cc(F)c(F)c(F)c4)C3)nc2N1C. The molecule has 7 nitrogen and oxygen atoms in total. The Morgan fingerprint density at radius 1 is 1.27 bits per heavy atom. The Hall–Kier alpha value is -2.88. The number of rotatable bonds is 6. The van der Waals surface area contributed by atoms with Crippen LogP contribution in [0.3, 0.4) is 0 Å². The van der Waals surface area contributed by atoms with E-state index in [-0.39, 0.29) is 30.2 Å². The molecule has 2 N–H and O–H groups in total. The molecule has 1 aliphatic carbocycles. The number of carbonyl (C=O) groups is 1. The fourth-order valence-corrected chi connectivity index (χ4v) is 3.53. The molecule has 30 heavy (non-hydrogen) atoms. The van der Waals surface area contributed by atoms with Crippen LogP contribution >= 0.6 is 0 Å². The van der Waals surface area contributed by atoms with Crippen LogP contribution < -0.4 is 15.5 Å². The van der Waals surface area contributed by atoms with Crippen LogP contribution in [0.1, 0.15) is 25.3 Å². The lowest BCUT2D eigenvalue weighted by Crippen LogP contribution is -2.44. The first-order valence-corrected chi connectivity index (χ1v) is 9.71. The van der Waals surface area contributed by atoms with Crippen LogP contribution in [-0.2, 0) is 16.1 Å². The highest BCUT2D eigenvalue weighted by molar-refractivity contribution is 6.02. The number of anilines is 3. The highest BCUT2D eigenvalue weighted by atomic mass is 19.2. The maximum absolute atomic E-state index is 13.2. The van der Waals surface area contributed by atoms with E-state index in [2.05, 4.69) is 20.6 Å². The normalized spacial score (nSPS) is 22.9. The summed E-state index contributed by atoms with van der Waals surface area (Å²) in [6.07, 6.45) is 3.15. The van der Waals surface area contributed by atoms with Gasteiger partial charge in [0.1, 0.15) is 11.7 Å². The van der Waals surface area contributed by atoms with Crippen molar-refractivity contribution < 1.29 is 22.7 Å². The number of fused-ring (bicyclic) bond motifs is 1. The minimum absolute atomic E-state index is 0.0142. The molecule has 1 aromatic carbocycles. The molecule has 10 heteroatoms. The number of ether oxygens (including phenoxy) is 1. The third kappa shape index (κ3) is 4.04. The molecule has 1 aliphatic heterocycles. The number of hydrogen-bond donors (Lipinski definition) is 2. The molecule has 4 rings (SSSR count). The summed E-state index contributed by atoms with van der Waals surface area (Å²) in [6.45, 7) is 2.49. The van der Waals surface area contributed by atoms with Crippen LogP contribution in [0.25, 0.3) is 0 Å². The lowest BCUT2D eigenvalue weighted by atomic mass is 9.82. The Morgan fingerprint density at radius 3 is 2.67 bits per heavy atom. The summed E-state index contributed by atoms with van der Waals surface area (Å²) < 4.78 is 45.1. The first-order chi connectivity index (χ1) is 14.3. The van der Waals surface area contributed by atoms with E-state index in [1.165, 1.54) is 0 Å². The zero-order chi connectivity index (χ0) is 21.4. The summed E-state index contributed by atoms with van der Waals surface area (Å²) >= 11 is 0. The molecular weight excluding hydrogens is 399 g/mol. The van der Waals surface area contributed by atoms with Gasteiger partial charge in [0.15, 0.2) is 23.3 Å². The van der Waals surface area contributed by atoms with Gasteiger partial charge in [0.25, 0.3) is 0 Å². The second-order valence-corrected chi connectivity index (χ2v) is 7.73. The minimum atomic E-state index is -1.47. The van der Waals surface area contributed by atoms with Crippen molar-refractivity contribution in [1.29, 1.82) is 0 Å². The van der Waals surface area contributed by atoms with Crippen molar-refractivity contribution in [3.05, 3.63) is 41.3 Å². The van der Waals surface area contributed by atoms with Crippen molar-refractivity contribution in [1.82, 2.24) is 9.97 Å². The van der Waals surface area contributed by atoms with Gasteiger partial charge >= 0.3 is 0 Å². The average Bonchev–Trinajstić information content (AvgIpc) is 2.69. The van der Waals surface area contributed by atoms with Gasteiger partial charge in [-0.05, 0) is 43.4 Å². The second-order valence-electron chi connectivity index (χ2n) is 7.73. The lowest BCUT2D eigenvalue weighted by Gasteiger charge is -2.35. The second kappa shape index (κ2) is 8.10. The average molecular weight is 421 g/mol. The van der Waals surface area contributed by atoms with Gasteiger partial charge in [-0.3, -0.25) is 4.79 Å². The van der Waals surface area contributed by atoms with Gasteiger partial charge in [-0.25, -0.2) is 18.2 Å². The standard InChI is InChI=1S/C20H22F3N5O2/c1-10-19(29)26-16-8-25-20(27-18(16)28(10)2)24-7-11-3-13(4-11)30-9-12-5-14(21)17(23)15(22)6-12/h5-6,8,10-11,13H,3-4,7,9H2,1-2H3,(H,26,29)(H,24,25,27)/t10-,11?,13?/m0/s1. The van der Waals surface area contributed by atoms with Crippen molar-refractivity contribution in [2.75, 3.05) is 29.1 Å². The maximum atomic E-state index is 13.2. The van der Waals surface area contributed by atoms with Crippen LogP contribution in [0.5, 0.6) is 0 Å². The molecule has 0 spiro atoms. The van der Waals surface area contributed by atoms with E-state index in [1.54, 1.807) is 18.0 Å². The van der Waals surface area contributed by atoms with Crippen molar-refractivity contribution in [2.24, 2.45) is 5.92 Å². The summed E-state index contributed by atoms with van der Waals surface area (Å²) in [5, 5.41) is 5.98. The molecule has 1 amide bonds. The highest BCUT2D eigenvalue weighted by Gasteiger charge is 2.31. The number of amides is 1. The van der Waals surface area contributed by atoms with Crippen molar-refractivity contribution in [3.8, 4) is 0 Å². The van der Waals surface area contributed by atoms with Gasteiger partial charge in [0, 0.05) is 13.6 Å². The monoisotopic (exact) mass is 421 g/mol. The van der Waals surface area contributed by atoms with Crippen LogP contribution in [0.2, 0.25) is 0 Å². The van der Waals surface area contributed by atoms with Gasteiger partial charge < -0.3 is 20.3 Å². The quantitative estimate of drug-likeness (QED) is 0.698. The lowest BCUT2D eigenvalue weighted by molar-refractivity contribution is -0.117. The number of aromatic nitrogens is 2. The van der Waals surface area contributed by atoms with Crippen molar-refractivity contribution >= 4 is 23.4 Å². The molecular formula is C20H22F3N5O2. The van der Waals surface area contributed by atoms with Gasteiger partial charge in [-0.1, -0.05) is 0 Å². The summed E-state index contributed by atoms with van der Waals surface area (Å²) in [4.78, 5) is 22.4. The Morgan fingerprint density at radius 2 is 1.97 bits per heavy atom. The fourth-order valence-electron chi connectivity index (χ4n) is 3.53. The predicted molar refractivity (Wildman–Crippen MR) is 105 cm³/mol. The molecule has 1 fully saturated rings. The summed E-state index contributed by atoms with van der Waals surface area (Å²) in [5.41, 5.74) is 0.845. The molecule has 2 aromatic rings. The molecule has 1 aromatic heterocycles. The molecule has 0 saturated heterocycles.